The monoisotopic (exact) mass is 289 g/mol. The number of hydrogen-bond acceptors (Lipinski definition) is 2. The first kappa shape index (κ1) is 12.9. The molecular formula is C16H16ClNS. The minimum Gasteiger partial charge on any atom is -0.377 e. The van der Waals surface area contributed by atoms with Crippen molar-refractivity contribution in [2.24, 2.45) is 0 Å². The smallest absolute Gasteiger partial charge is 0.0514 e. The van der Waals surface area contributed by atoms with Crippen LogP contribution in [0.15, 0.2) is 53.4 Å². The maximum Gasteiger partial charge on any atom is 0.0514 e. The highest BCUT2D eigenvalue weighted by Crippen LogP contribution is 2.36. The third-order valence-corrected chi connectivity index (χ3v) is 4.76. The Morgan fingerprint density at radius 1 is 1.11 bits per heavy atom. The number of nitrogens with one attached hydrogen (secondary N) is 1. The number of fused-ring (bicyclic) bond motifs is 1. The first-order chi connectivity index (χ1) is 9.33. The van der Waals surface area contributed by atoms with E-state index in [1.165, 1.54) is 22.6 Å². The zero-order valence-electron chi connectivity index (χ0n) is 10.6. The summed E-state index contributed by atoms with van der Waals surface area (Å²) >= 11 is 8.02. The van der Waals surface area contributed by atoms with E-state index >= 15 is 0 Å². The third-order valence-electron chi connectivity index (χ3n) is 3.37. The second-order valence-electron chi connectivity index (χ2n) is 4.74. The third kappa shape index (κ3) is 3.07. The molecule has 0 aliphatic carbocycles. The zero-order chi connectivity index (χ0) is 13.1. The van der Waals surface area contributed by atoms with Gasteiger partial charge in [-0.05, 0) is 42.4 Å². The lowest BCUT2D eigenvalue weighted by Gasteiger charge is -2.24. The van der Waals surface area contributed by atoms with E-state index in [9.17, 15) is 0 Å². The molecular weight excluding hydrogens is 274 g/mol. The Balaban J connectivity index is 1.93. The van der Waals surface area contributed by atoms with Crippen LogP contribution in [0.4, 0.5) is 5.69 Å². The minimum absolute atomic E-state index is 0.374. The van der Waals surface area contributed by atoms with E-state index in [4.69, 9.17) is 11.6 Å². The second kappa shape index (κ2) is 5.89. The van der Waals surface area contributed by atoms with Crippen LogP contribution in [0.25, 0.3) is 0 Å². The molecule has 1 unspecified atom stereocenters. The van der Waals surface area contributed by atoms with E-state index < -0.39 is 0 Å². The highest BCUT2D eigenvalue weighted by molar-refractivity contribution is 7.99. The van der Waals surface area contributed by atoms with E-state index in [0.29, 0.717) is 6.04 Å². The highest BCUT2D eigenvalue weighted by atomic mass is 35.5. The Bertz CT molecular complexity index is 556. The second-order valence-corrected chi connectivity index (χ2v) is 6.31. The number of anilines is 1. The first-order valence-electron chi connectivity index (χ1n) is 6.57. The summed E-state index contributed by atoms with van der Waals surface area (Å²) in [6.45, 7) is 0. The predicted octanol–water partition coefficient (Wildman–Crippen LogP) is 5.38. The van der Waals surface area contributed by atoms with Crippen LogP contribution in [-0.4, -0.2) is 5.75 Å². The molecule has 0 saturated heterocycles. The van der Waals surface area contributed by atoms with Gasteiger partial charge in [-0.15, -0.1) is 11.8 Å². The van der Waals surface area contributed by atoms with Crippen molar-refractivity contribution in [3.63, 3.8) is 0 Å². The van der Waals surface area contributed by atoms with E-state index in [2.05, 4.69) is 41.7 Å². The number of rotatable bonds is 1. The summed E-state index contributed by atoms with van der Waals surface area (Å²) in [4.78, 5) is 1.30. The molecule has 2 aromatic carbocycles. The molecule has 3 heteroatoms. The molecule has 0 aromatic heterocycles. The lowest BCUT2D eigenvalue weighted by atomic mass is 10.0. The van der Waals surface area contributed by atoms with Gasteiger partial charge >= 0.3 is 0 Å². The van der Waals surface area contributed by atoms with E-state index in [0.717, 1.165) is 17.1 Å². The van der Waals surface area contributed by atoms with E-state index in [1.54, 1.807) is 0 Å². The summed E-state index contributed by atoms with van der Waals surface area (Å²) in [5.74, 6) is 1.17. The molecule has 0 radical (unpaired) electrons. The molecule has 0 bridgehead atoms. The molecule has 3 rings (SSSR count). The van der Waals surface area contributed by atoms with Gasteiger partial charge in [0.1, 0.15) is 0 Å². The standard InChI is InChI=1S/C16H16ClNS/c17-13-8-9-16-15(11-13)18-14(7-4-10-19-16)12-5-2-1-3-6-12/h1-3,5-6,8-9,11,14,18H,4,7,10H2. The average Bonchev–Trinajstić information content (AvgIpc) is 2.41. The molecule has 1 N–H and O–H groups in total. The highest BCUT2D eigenvalue weighted by Gasteiger charge is 2.16. The van der Waals surface area contributed by atoms with Gasteiger partial charge in [0.2, 0.25) is 0 Å². The number of thioether (sulfide) groups is 1. The van der Waals surface area contributed by atoms with Gasteiger partial charge in [-0.25, -0.2) is 0 Å². The lowest BCUT2D eigenvalue weighted by Crippen LogP contribution is -2.13. The van der Waals surface area contributed by atoms with Gasteiger partial charge in [0, 0.05) is 15.6 Å². The fraction of sp³-hybridized carbons (Fsp3) is 0.250. The summed E-state index contributed by atoms with van der Waals surface area (Å²) in [5.41, 5.74) is 2.51. The molecule has 1 heterocycles. The lowest BCUT2D eigenvalue weighted by molar-refractivity contribution is 0.677. The normalized spacial score (nSPS) is 18.9. The summed E-state index contributed by atoms with van der Waals surface area (Å²) in [6.07, 6.45) is 2.38. The molecule has 1 nitrogen and oxygen atoms in total. The Hall–Kier alpha value is -1.12. The van der Waals surface area contributed by atoms with Crippen molar-refractivity contribution >= 4 is 29.1 Å². The molecule has 2 aromatic rings. The van der Waals surface area contributed by atoms with E-state index in [-0.39, 0.29) is 0 Å². The Morgan fingerprint density at radius 2 is 1.95 bits per heavy atom. The predicted molar refractivity (Wildman–Crippen MR) is 84.2 cm³/mol. The molecule has 19 heavy (non-hydrogen) atoms. The quantitative estimate of drug-likeness (QED) is 0.756. The SMILES string of the molecule is Clc1ccc2c(c1)NC(c1ccccc1)CCCS2. The van der Waals surface area contributed by atoms with Gasteiger partial charge in [-0.3, -0.25) is 0 Å². The van der Waals surface area contributed by atoms with Crippen molar-refractivity contribution in [1.82, 2.24) is 0 Å². The van der Waals surface area contributed by atoms with Gasteiger partial charge < -0.3 is 5.32 Å². The number of halogens is 1. The zero-order valence-corrected chi connectivity index (χ0v) is 12.2. The molecule has 0 fully saturated rings. The molecule has 0 spiro atoms. The molecule has 1 atom stereocenters. The van der Waals surface area contributed by atoms with E-state index in [1.807, 2.05) is 23.9 Å². The molecule has 1 aliphatic heterocycles. The summed E-state index contributed by atoms with van der Waals surface area (Å²) < 4.78 is 0. The maximum absolute atomic E-state index is 6.12. The summed E-state index contributed by atoms with van der Waals surface area (Å²) in [5, 5.41) is 4.44. The molecule has 98 valence electrons. The van der Waals surface area contributed by atoms with Crippen molar-refractivity contribution < 1.29 is 0 Å². The van der Waals surface area contributed by atoms with Gasteiger partial charge in [-0.1, -0.05) is 41.9 Å². The number of benzene rings is 2. The molecule has 0 saturated carbocycles. The Morgan fingerprint density at radius 3 is 2.79 bits per heavy atom. The summed E-state index contributed by atoms with van der Waals surface area (Å²) in [6, 6.07) is 17.1. The van der Waals surface area contributed by atoms with Crippen molar-refractivity contribution in [3.8, 4) is 0 Å². The Kier molecular flexibility index (Phi) is 4.00. The molecule has 0 amide bonds. The van der Waals surface area contributed by atoms with Crippen LogP contribution in [0.1, 0.15) is 24.4 Å². The summed E-state index contributed by atoms with van der Waals surface area (Å²) in [7, 11) is 0. The Labute approximate surface area is 123 Å². The van der Waals surface area contributed by atoms with Crippen LogP contribution in [0.5, 0.6) is 0 Å². The van der Waals surface area contributed by atoms with Crippen LogP contribution in [-0.2, 0) is 0 Å². The number of hydrogen-bond donors (Lipinski definition) is 1. The van der Waals surface area contributed by atoms with Gasteiger partial charge in [0.15, 0.2) is 0 Å². The van der Waals surface area contributed by atoms with Crippen molar-refractivity contribution in [2.75, 3.05) is 11.1 Å². The van der Waals surface area contributed by atoms with Crippen LogP contribution >= 0.6 is 23.4 Å². The van der Waals surface area contributed by atoms with Gasteiger partial charge in [-0.2, -0.15) is 0 Å². The maximum atomic E-state index is 6.12. The van der Waals surface area contributed by atoms with Crippen molar-refractivity contribution in [1.29, 1.82) is 0 Å². The van der Waals surface area contributed by atoms with Crippen LogP contribution in [0, 0.1) is 0 Å². The average molecular weight is 290 g/mol. The van der Waals surface area contributed by atoms with Gasteiger partial charge in [0.05, 0.1) is 6.04 Å². The fourth-order valence-electron chi connectivity index (χ4n) is 2.41. The topological polar surface area (TPSA) is 12.0 Å². The van der Waals surface area contributed by atoms with Crippen LogP contribution in [0.2, 0.25) is 5.02 Å². The molecule has 1 aliphatic rings. The first-order valence-corrected chi connectivity index (χ1v) is 7.93. The van der Waals surface area contributed by atoms with Crippen molar-refractivity contribution in [2.45, 2.75) is 23.8 Å². The van der Waals surface area contributed by atoms with Gasteiger partial charge in [0.25, 0.3) is 0 Å². The van der Waals surface area contributed by atoms with Crippen molar-refractivity contribution in [3.05, 3.63) is 59.1 Å². The largest absolute Gasteiger partial charge is 0.377 e. The van der Waals surface area contributed by atoms with Crippen LogP contribution < -0.4 is 5.32 Å². The van der Waals surface area contributed by atoms with Crippen LogP contribution in [0.3, 0.4) is 0 Å². The minimum atomic E-state index is 0.374. The fourth-order valence-corrected chi connectivity index (χ4v) is 3.55.